The van der Waals surface area contributed by atoms with Crippen molar-refractivity contribution in [2.75, 3.05) is 20.3 Å². The number of benzene rings is 1. The number of hydrogen-bond acceptors (Lipinski definition) is 4. The third-order valence-corrected chi connectivity index (χ3v) is 2.21. The lowest BCUT2D eigenvalue weighted by atomic mass is 10.1. The van der Waals surface area contributed by atoms with Gasteiger partial charge in [-0.3, -0.25) is 0 Å². The summed E-state index contributed by atoms with van der Waals surface area (Å²) in [5, 5.41) is 9.00. The molecule has 4 nitrogen and oxygen atoms in total. The van der Waals surface area contributed by atoms with Gasteiger partial charge < -0.3 is 14.6 Å². The van der Waals surface area contributed by atoms with Crippen LogP contribution < -0.4 is 4.74 Å². The molecule has 1 N–H and O–H groups in total. The second kappa shape index (κ2) is 5.72. The number of esters is 1. The van der Waals surface area contributed by atoms with Gasteiger partial charge in [0.1, 0.15) is 17.9 Å². The van der Waals surface area contributed by atoms with Crippen LogP contribution in [0.4, 0.5) is 0 Å². The van der Waals surface area contributed by atoms with E-state index in [0.29, 0.717) is 10.8 Å². The molecule has 0 saturated carbocycles. The van der Waals surface area contributed by atoms with Crippen LogP contribution in [0, 0.1) is 6.92 Å². The van der Waals surface area contributed by atoms with Crippen LogP contribution in [0.1, 0.15) is 15.9 Å². The monoisotopic (exact) mass is 244 g/mol. The lowest BCUT2D eigenvalue weighted by Gasteiger charge is -2.11. The van der Waals surface area contributed by atoms with Crippen molar-refractivity contribution in [3.63, 3.8) is 0 Å². The lowest BCUT2D eigenvalue weighted by Crippen LogP contribution is -2.10. The molecule has 1 aromatic rings. The number of ether oxygens (including phenoxy) is 2. The second-order valence-corrected chi connectivity index (χ2v) is 3.60. The van der Waals surface area contributed by atoms with E-state index < -0.39 is 5.97 Å². The molecule has 0 radical (unpaired) electrons. The maximum Gasteiger partial charge on any atom is 0.342 e. The zero-order valence-electron chi connectivity index (χ0n) is 9.12. The van der Waals surface area contributed by atoms with Gasteiger partial charge in [0.15, 0.2) is 0 Å². The van der Waals surface area contributed by atoms with E-state index in [2.05, 4.69) is 0 Å². The first-order valence-corrected chi connectivity index (χ1v) is 5.10. The maximum atomic E-state index is 11.6. The van der Waals surface area contributed by atoms with Gasteiger partial charge in [0.05, 0.1) is 13.7 Å². The van der Waals surface area contributed by atoms with E-state index >= 15 is 0 Å². The van der Waals surface area contributed by atoms with Crippen molar-refractivity contribution in [1.29, 1.82) is 0 Å². The topological polar surface area (TPSA) is 55.8 Å². The Hall–Kier alpha value is -1.26. The molecule has 1 rings (SSSR count). The summed E-state index contributed by atoms with van der Waals surface area (Å²) in [6.45, 7) is 1.52. The first-order chi connectivity index (χ1) is 7.60. The lowest BCUT2D eigenvalue weighted by molar-refractivity contribution is 0.0430. The third-order valence-electron chi connectivity index (χ3n) is 1.99. The Balaban J connectivity index is 3.05. The third kappa shape index (κ3) is 2.87. The summed E-state index contributed by atoms with van der Waals surface area (Å²) in [6, 6.07) is 3.18. The molecule has 0 spiro atoms. The molecule has 16 heavy (non-hydrogen) atoms. The molecule has 0 aliphatic carbocycles. The molecule has 1 aromatic carbocycles. The molecule has 0 heterocycles. The van der Waals surface area contributed by atoms with E-state index in [-0.39, 0.29) is 18.8 Å². The number of aryl methyl sites for hydroxylation is 1. The highest BCUT2D eigenvalue weighted by Crippen LogP contribution is 2.28. The highest BCUT2D eigenvalue weighted by Gasteiger charge is 2.16. The number of carbonyl (C=O) groups is 1. The average molecular weight is 245 g/mol. The zero-order chi connectivity index (χ0) is 12.1. The van der Waals surface area contributed by atoms with Crippen molar-refractivity contribution < 1.29 is 19.4 Å². The maximum absolute atomic E-state index is 11.6. The minimum atomic E-state index is -0.559. The first kappa shape index (κ1) is 12.8. The summed E-state index contributed by atoms with van der Waals surface area (Å²) < 4.78 is 9.91. The molecule has 0 unspecified atom stereocenters. The quantitative estimate of drug-likeness (QED) is 0.821. The minimum absolute atomic E-state index is 0.0481. The van der Waals surface area contributed by atoms with Crippen molar-refractivity contribution in [2.24, 2.45) is 0 Å². The molecule has 5 heteroatoms. The second-order valence-electron chi connectivity index (χ2n) is 3.16. The minimum Gasteiger partial charge on any atom is -0.496 e. The smallest absolute Gasteiger partial charge is 0.342 e. The Bertz CT molecular complexity index is 390. The van der Waals surface area contributed by atoms with Gasteiger partial charge in [-0.25, -0.2) is 4.79 Å². The van der Waals surface area contributed by atoms with Crippen molar-refractivity contribution in [1.82, 2.24) is 0 Å². The fraction of sp³-hybridized carbons (Fsp3) is 0.364. The van der Waals surface area contributed by atoms with E-state index in [1.54, 1.807) is 13.0 Å². The number of carbonyl (C=O) groups excluding carboxylic acids is 1. The molecule has 0 atom stereocenters. The van der Waals surface area contributed by atoms with Crippen LogP contribution in [0.15, 0.2) is 12.1 Å². The van der Waals surface area contributed by atoms with Crippen LogP contribution in [0.2, 0.25) is 5.02 Å². The van der Waals surface area contributed by atoms with Gasteiger partial charge in [0, 0.05) is 5.02 Å². The summed E-state index contributed by atoms with van der Waals surface area (Å²) in [5.41, 5.74) is 1.02. The van der Waals surface area contributed by atoms with Gasteiger partial charge in [-0.1, -0.05) is 11.6 Å². The van der Waals surface area contributed by atoms with Crippen LogP contribution in [0.3, 0.4) is 0 Å². The molecule has 0 bridgehead atoms. The Labute approximate surface area is 98.7 Å². The standard InChI is InChI=1S/C11H13ClO4/c1-7-5-8(12)6-9(10(7)15-2)11(14)16-4-3-13/h5-6,13H,3-4H2,1-2H3. The Morgan fingerprint density at radius 2 is 2.19 bits per heavy atom. The molecular weight excluding hydrogens is 232 g/mol. The Kier molecular flexibility index (Phi) is 4.58. The van der Waals surface area contributed by atoms with Gasteiger partial charge in [-0.2, -0.15) is 0 Å². The van der Waals surface area contributed by atoms with Crippen molar-refractivity contribution >= 4 is 17.6 Å². The van der Waals surface area contributed by atoms with E-state index in [9.17, 15) is 4.79 Å². The summed E-state index contributed by atoms with van der Waals surface area (Å²) in [7, 11) is 1.47. The van der Waals surface area contributed by atoms with Gasteiger partial charge in [-0.15, -0.1) is 0 Å². The van der Waals surface area contributed by atoms with Crippen molar-refractivity contribution in [2.45, 2.75) is 6.92 Å². The summed E-state index contributed by atoms with van der Waals surface area (Å²) in [5.74, 6) is -0.121. The summed E-state index contributed by atoms with van der Waals surface area (Å²) in [4.78, 5) is 11.6. The predicted molar refractivity (Wildman–Crippen MR) is 60.1 cm³/mol. The van der Waals surface area contributed by atoms with Crippen molar-refractivity contribution in [3.8, 4) is 5.75 Å². The van der Waals surface area contributed by atoms with Crippen LogP contribution >= 0.6 is 11.6 Å². The molecule has 0 aliphatic heterocycles. The number of hydrogen-bond donors (Lipinski definition) is 1. The molecule has 0 fully saturated rings. The van der Waals surface area contributed by atoms with Gasteiger partial charge in [0.25, 0.3) is 0 Å². The zero-order valence-corrected chi connectivity index (χ0v) is 9.87. The van der Waals surface area contributed by atoms with E-state index in [4.69, 9.17) is 26.2 Å². The predicted octanol–water partition coefficient (Wildman–Crippen LogP) is 1.81. The molecule has 0 saturated heterocycles. The van der Waals surface area contributed by atoms with Crippen LogP contribution in [-0.4, -0.2) is 31.4 Å². The highest BCUT2D eigenvalue weighted by atomic mass is 35.5. The summed E-state index contributed by atoms with van der Waals surface area (Å²) in [6.07, 6.45) is 0. The largest absolute Gasteiger partial charge is 0.496 e. The number of methoxy groups -OCH3 is 1. The van der Waals surface area contributed by atoms with Gasteiger partial charge in [-0.05, 0) is 24.6 Å². The SMILES string of the molecule is COc1c(C)cc(Cl)cc1C(=O)OCCO. The normalized spacial score (nSPS) is 10.0. The van der Waals surface area contributed by atoms with Crippen LogP contribution in [0.25, 0.3) is 0 Å². The molecular formula is C11H13ClO4. The fourth-order valence-electron chi connectivity index (χ4n) is 1.37. The highest BCUT2D eigenvalue weighted by molar-refractivity contribution is 6.31. The molecule has 88 valence electrons. The van der Waals surface area contributed by atoms with Gasteiger partial charge >= 0.3 is 5.97 Å². The number of aliphatic hydroxyl groups excluding tert-OH is 1. The van der Waals surface area contributed by atoms with Crippen LogP contribution in [0.5, 0.6) is 5.75 Å². The van der Waals surface area contributed by atoms with Crippen LogP contribution in [-0.2, 0) is 4.74 Å². The van der Waals surface area contributed by atoms with Crippen molar-refractivity contribution in [3.05, 3.63) is 28.3 Å². The number of halogens is 1. The summed E-state index contributed by atoms with van der Waals surface area (Å²) >= 11 is 5.84. The van der Waals surface area contributed by atoms with E-state index in [0.717, 1.165) is 5.56 Å². The fourth-order valence-corrected chi connectivity index (χ4v) is 1.64. The Morgan fingerprint density at radius 1 is 1.50 bits per heavy atom. The molecule has 0 aliphatic rings. The number of rotatable bonds is 4. The molecule has 0 amide bonds. The Morgan fingerprint density at radius 3 is 2.75 bits per heavy atom. The number of aliphatic hydroxyl groups is 1. The van der Waals surface area contributed by atoms with Gasteiger partial charge in [0.2, 0.25) is 0 Å². The average Bonchev–Trinajstić information content (AvgIpc) is 2.24. The van der Waals surface area contributed by atoms with E-state index in [1.807, 2.05) is 0 Å². The molecule has 0 aromatic heterocycles. The van der Waals surface area contributed by atoms with E-state index in [1.165, 1.54) is 13.2 Å². The first-order valence-electron chi connectivity index (χ1n) is 4.72.